The van der Waals surface area contributed by atoms with Gasteiger partial charge in [-0.05, 0) is 18.8 Å². The highest BCUT2D eigenvalue weighted by Gasteiger charge is 2.25. The maximum atomic E-state index is 9.19. The summed E-state index contributed by atoms with van der Waals surface area (Å²) in [5, 5.41) is 21.5. The van der Waals surface area contributed by atoms with Crippen molar-refractivity contribution in [3.05, 3.63) is 0 Å². The molecule has 0 heterocycles. The third-order valence-corrected chi connectivity index (χ3v) is 3.10. The summed E-state index contributed by atoms with van der Waals surface area (Å²) < 4.78 is 0. The van der Waals surface area contributed by atoms with Crippen molar-refractivity contribution < 1.29 is 10.2 Å². The molecule has 1 rings (SSSR count). The number of rotatable bonds is 5. The van der Waals surface area contributed by atoms with E-state index in [2.05, 4.69) is 5.32 Å². The molecule has 14 heavy (non-hydrogen) atoms. The normalized spacial score (nSPS) is 30.2. The fourth-order valence-electron chi connectivity index (χ4n) is 2.14. The van der Waals surface area contributed by atoms with Crippen molar-refractivity contribution in [1.82, 2.24) is 5.32 Å². The maximum absolute atomic E-state index is 9.19. The van der Waals surface area contributed by atoms with Gasteiger partial charge in [-0.25, -0.2) is 0 Å². The molecule has 0 bridgehead atoms. The van der Waals surface area contributed by atoms with Gasteiger partial charge in [0.15, 0.2) is 0 Å². The molecular formula is C10H22N2O2. The highest BCUT2D eigenvalue weighted by Crippen LogP contribution is 2.24. The van der Waals surface area contributed by atoms with Crippen LogP contribution in [-0.4, -0.2) is 42.1 Å². The maximum Gasteiger partial charge on any atom is 0.0597 e. The molecule has 1 aliphatic carbocycles. The van der Waals surface area contributed by atoms with Gasteiger partial charge in [0.05, 0.1) is 6.61 Å². The van der Waals surface area contributed by atoms with E-state index in [0.717, 1.165) is 12.8 Å². The number of hydrogen-bond acceptors (Lipinski definition) is 4. The number of nitrogens with two attached hydrogens (primary N) is 1. The fourth-order valence-corrected chi connectivity index (χ4v) is 2.14. The zero-order chi connectivity index (χ0) is 10.4. The van der Waals surface area contributed by atoms with Crippen LogP contribution in [0.4, 0.5) is 0 Å². The minimum absolute atomic E-state index is 0.0212. The zero-order valence-corrected chi connectivity index (χ0v) is 8.65. The molecule has 0 spiro atoms. The van der Waals surface area contributed by atoms with Crippen molar-refractivity contribution in [1.29, 1.82) is 0 Å². The SMILES string of the molecule is NCC(CO)NC1CCCCC1CO. The Morgan fingerprint density at radius 3 is 2.57 bits per heavy atom. The Hall–Kier alpha value is -0.160. The zero-order valence-electron chi connectivity index (χ0n) is 8.65. The minimum atomic E-state index is -0.0212. The monoisotopic (exact) mass is 202 g/mol. The summed E-state index contributed by atoms with van der Waals surface area (Å²) in [4.78, 5) is 0. The molecule has 84 valence electrons. The van der Waals surface area contributed by atoms with Gasteiger partial charge in [-0.15, -0.1) is 0 Å². The minimum Gasteiger partial charge on any atom is -0.396 e. The second kappa shape index (κ2) is 6.35. The largest absolute Gasteiger partial charge is 0.396 e. The molecule has 4 nitrogen and oxygen atoms in total. The van der Waals surface area contributed by atoms with Gasteiger partial charge in [0, 0.05) is 25.2 Å². The molecule has 3 atom stereocenters. The Morgan fingerprint density at radius 2 is 2.00 bits per heavy atom. The Balaban J connectivity index is 2.39. The van der Waals surface area contributed by atoms with E-state index in [1.807, 2.05) is 0 Å². The molecule has 0 aromatic heterocycles. The lowest BCUT2D eigenvalue weighted by Gasteiger charge is -2.33. The summed E-state index contributed by atoms with van der Waals surface area (Å²) in [7, 11) is 0. The highest BCUT2D eigenvalue weighted by atomic mass is 16.3. The molecule has 0 aromatic carbocycles. The smallest absolute Gasteiger partial charge is 0.0597 e. The molecule has 5 N–H and O–H groups in total. The summed E-state index contributed by atoms with van der Waals surface area (Å²) >= 11 is 0. The molecule has 0 saturated heterocycles. The van der Waals surface area contributed by atoms with Crippen molar-refractivity contribution in [3.8, 4) is 0 Å². The topological polar surface area (TPSA) is 78.5 Å². The van der Waals surface area contributed by atoms with Gasteiger partial charge in [0.2, 0.25) is 0 Å². The van der Waals surface area contributed by atoms with Crippen LogP contribution in [0.1, 0.15) is 25.7 Å². The summed E-state index contributed by atoms with van der Waals surface area (Å²) in [6.07, 6.45) is 4.57. The van der Waals surface area contributed by atoms with Crippen LogP contribution in [0.3, 0.4) is 0 Å². The molecule has 1 saturated carbocycles. The van der Waals surface area contributed by atoms with Crippen molar-refractivity contribution in [2.24, 2.45) is 11.7 Å². The first kappa shape index (κ1) is 11.9. The van der Waals surface area contributed by atoms with Crippen LogP contribution in [0.25, 0.3) is 0 Å². The third kappa shape index (κ3) is 3.20. The highest BCUT2D eigenvalue weighted by molar-refractivity contribution is 4.83. The molecule has 3 unspecified atom stereocenters. The summed E-state index contributed by atoms with van der Waals surface area (Å²) in [6, 6.07) is 0.307. The first-order chi connectivity index (χ1) is 6.81. The lowest BCUT2D eigenvalue weighted by molar-refractivity contribution is 0.134. The Labute approximate surface area is 85.5 Å². The van der Waals surface area contributed by atoms with Crippen molar-refractivity contribution in [3.63, 3.8) is 0 Å². The molecule has 0 aromatic rings. The van der Waals surface area contributed by atoms with Crippen LogP contribution in [0.2, 0.25) is 0 Å². The molecule has 1 fully saturated rings. The molecule has 0 amide bonds. The predicted octanol–water partition coefficient (Wildman–Crippen LogP) is -0.553. The lowest BCUT2D eigenvalue weighted by Crippen LogP contribution is -2.49. The van der Waals surface area contributed by atoms with E-state index in [9.17, 15) is 5.11 Å². The van der Waals surface area contributed by atoms with Gasteiger partial charge in [-0.1, -0.05) is 12.8 Å². The van der Waals surface area contributed by atoms with Crippen LogP contribution >= 0.6 is 0 Å². The van der Waals surface area contributed by atoms with Crippen LogP contribution in [0.5, 0.6) is 0 Å². The van der Waals surface area contributed by atoms with Gasteiger partial charge >= 0.3 is 0 Å². The van der Waals surface area contributed by atoms with Crippen LogP contribution in [0.15, 0.2) is 0 Å². The van der Waals surface area contributed by atoms with E-state index in [1.54, 1.807) is 0 Å². The van der Waals surface area contributed by atoms with Crippen molar-refractivity contribution in [2.45, 2.75) is 37.8 Å². The second-order valence-electron chi connectivity index (χ2n) is 4.12. The van der Waals surface area contributed by atoms with Crippen molar-refractivity contribution in [2.75, 3.05) is 19.8 Å². The number of hydrogen-bond donors (Lipinski definition) is 4. The molecular weight excluding hydrogens is 180 g/mol. The van der Waals surface area contributed by atoms with E-state index in [1.165, 1.54) is 12.8 Å². The Kier molecular flexibility index (Phi) is 5.40. The first-order valence-electron chi connectivity index (χ1n) is 5.49. The Bertz CT molecular complexity index is 151. The van der Waals surface area contributed by atoms with E-state index in [4.69, 9.17) is 10.8 Å². The number of aliphatic hydroxyl groups is 2. The van der Waals surface area contributed by atoms with Crippen LogP contribution in [0, 0.1) is 5.92 Å². The fraction of sp³-hybridized carbons (Fsp3) is 1.00. The third-order valence-electron chi connectivity index (χ3n) is 3.10. The average molecular weight is 202 g/mol. The number of aliphatic hydroxyl groups excluding tert-OH is 2. The molecule has 0 aliphatic heterocycles. The van der Waals surface area contributed by atoms with Crippen LogP contribution in [-0.2, 0) is 0 Å². The Morgan fingerprint density at radius 1 is 1.29 bits per heavy atom. The number of nitrogens with one attached hydrogen (secondary N) is 1. The van der Waals surface area contributed by atoms with E-state index in [-0.39, 0.29) is 19.3 Å². The second-order valence-corrected chi connectivity index (χ2v) is 4.12. The van der Waals surface area contributed by atoms with Crippen LogP contribution < -0.4 is 11.1 Å². The standard InChI is InChI=1S/C10H22N2O2/c11-5-9(7-14)12-10-4-2-1-3-8(10)6-13/h8-10,12-14H,1-7,11H2. The predicted molar refractivity (Wildman–Crippen MR) is 55.9 cm³/mol. The molecule has 0 radical (unpaired) electrons. The van der Waals surface area contributed by atoms with Crippen molar-refractivity contribution >= 4 is 0 Å². The first-order valence-corrected chi connectivity index (χ1v) is 5.49. The van der Waals surface area contributed by atoms with Gasteiger partial charge in [0.1, 0.15) is 0 Å². The van der Waals surface area contributed by atoms with E-state index in [0.29, 0.717) is 18.5 Å². The molecule has 4 heteroatoms. The van der Waals surface area contributed by atoms with E-state index >= 15 is 0 Å². The quantitative estimate of drug-likeness (QED) is 0.482. The van der Waals surface area contributed by atoms with E-state index < -0.39 is 0 Å². The summed E-state index contributed by atoms with van der Waals surface area (Å²) in [5.74, 6) is 0.337. The average Bonchev–Trinajstić information content (AvgIpc) is 2.26. The summed E-state index contributed by atoms with van der Waals surface area (Å²) in [6.45, 7) is 0.761. The van der Waals surface area contributed by atoms with Gasteiger partial charge in [-0.3, -0.25) is 0 Å². The van der Waals surface area contributed by atoms with Gasteiger partial charge in [0.25, 0.3) is 0 Å². The van der Waals surface area contributed by atoms with Gasteiger partial charge in [-0.2, -0.15) is 0 Å². The lowest BCUT2D eigenvalue weighted by atomic mass is 9.84. The van der Waals surface area contributed by atoms with Gasteiger partial charge < -0.3 is 21.3 Å². The summed E-state index contributed by atoms with van der Waals surface area (Å²) in [5.41, 5.74) is 5.50. The molecule has 1 aliphatic rings.